The van der Waals surface area contributed by atoms with Crippen molar-refractivity contribution in [3.05, 3.63) is 6.33 Å². The fraction of sp³-hybridized carbons (Fsp3) is 0.727. The zero-order valence-corrected chi connectivity index (χ0v) is 11.5. The second-order valence-electron chi connectivity index (χ2n) is 4.97. The summed E-state index contributed by atoms with van der Waals surface area (Å²) >= 11 is 2.83. The van der Waals surface area contributed by atoms with Crippen molar-refractivity contribution in [2.45, 2.75) is 41.6 Å². The van der Waals surface area contributed by atoms with Gasteiger partial charge in [-0.15, -0.1) is 0 Å². The van der Waals surface area contributed by atoms with E-state index in [4.69, 9.17) is 0 Å². The summed E-state index contributed by atoms with van der Waals surface area (Å²) < 4.78 is 4.79. The van der Waals surface area contributed by atoms with Crippen LogP contribution in [0.25, 0.3) is 0 Å². The first kappa shape index (κ1) is 12.4. The minimum atomic E-state index is -0.766. The number of nitrogens with zero attached hydrogens (tertiary/aromatic N) is 2. The number of carboxylic acids is 1. The van der Waals surface area contributed by atoms with E-state index in [-0.39, 0.29) is 5.92 Å². The van der Waals surface area contributed by atoms with Crippen molar-refractivity contribution in [3.8, 4) is 0 Å². The topological polar surface area (TPSA) is 75.1 Å². The molecule has 2 fully saturated rings. The summed E-state index contributed by atoms with van der Waals surface area (Å²) in [4.78, 5) is 15.8. The number of carbonyl (C=O) groups is 1. The fourth-order valence-electron chi connectivity index (χ4n) is 2.15. The van der Waals surface area contributed by atoms with Gasteiger partial charge >= 0.3 is 5.97 Å². The molecule has 7 heteroatoms. The van der Waals surface area contributed by atoms with Crippen LogP contribution in [0.1, 0.15) is 25.7 Å². The zero-order chi connectivity index (χ0) is 12.6. The van der Waals surface area contributed by atoms with Crippen LogP contribution in [0.15, 0.2) is 10.7 Å². The van der Waals surface area contributed by atoms with Crippen molar-refractivity contribution < 1.29 is 9.90 Å². The minimum absolute atomic E-state index is 0.274. The van der Waals surface area contributed by atoms with E-state index in [0.29, 0.717) is 11.8 Å². The molecule has 0 saturated heterocycles. The SMILES string of the molecule is O=C(O)C(CSc1ncns1)(NC1CC1)C1CC1. The maximum absolute atomic E-state index is 11.7. The molecule has 2 saturated carbocycles. The van der Waals surface area contributed by atoms with Crippen molar-refractivity contribution in [1.29, 1.82) is 0 Å². The van der Waals surface area contributed by atoms with E-state index in [9.17, 15) is 9.90 Å². The Hall–Kier alpha value is -0.660. The maximum atomic E-state index is 11.7. The van der Waals surface area contributed by atoms with E-state index in [1.165, 1.54) is 29.6 Å². The first-order valence-corrected chi connectivity index (χ1v) is 7.87. The molecule has 0 bridgehead atoms. The number of hydrogen-bond donors (Lipinski definition) is 2. The molecule has 1 heterocycles. The average Bonchev–Trinajstić information content (AvgIpc) is 3.25. The standard InChI is InChI=1S/C11H15N3O2S2/c15-9(16)11(7-1-2-7,14-8-3-4-8)5-17-10-12-6-13-18-10/h6-8,14H,1-5H2,(H,15,16). The normalized spacial score (nSPS) is 22.7. The molecule has 0 spiro atoms. The Kier molecular flexibility index (Phi) is 3.29. The average molecular weight is 285 g/mol. The molecule has 98 valence electrons. The van der Waals surface area contributed by atoms with Crippen LogP contribution >= 0.6 is 23.3 Å². The first-order valence-electron chi connectivity index (χ1n) is 6.11. The predicted molar refractivity (Wildman–Crippen MR) is 69.9 cm³/mol. The highest BCUT2D eigenvalue weighted by molar-refractivity contribution is 8.01. The monoisotopic (exact) mass is 285 g/mol. The number of nitrogens with one attached hydrogen (secondary N) is 1. The Morgan fingerprint density at radius 3 is 2.83 bits per heavy atom. The highest BCUT2D eigenvalue weighted by Crippen LogP contribution is 2.44. The molecule has 3 rings (SSSR count). The summed E-state index contributed by atoms with van der Waals surface area (Å²) in [7, 11) is 0. The van der Waals surface area contributed by atoms with Crippen LogP contribution in [-0.4, -0.2) is 37.8 Å². The summed E-state index contributed by atoms with van der Waals surface area (Å²) in [5.74, 6) is 0.100. The van der Waals surface area contributed by atoms with Gasteiger partial charge in [0, 0.05) is 11.8 Å². The van der Waals surface area contributed by atoms with Gasteiger partial charge in [-0.05, 0) is 43.1 Å². The Morgan fingerprint density at radius 2 is 2.33 bits per heavy atom. The van der Waals surface area contributed by atoms with Crippen molar-refractivity contribution in [2.24, 2.45) is 5.92 Å². The molecule has 1 atom stereocenters. The van der Waals surface area contributed by atoms with E-state index in [2.05, 4.69) is 14.7 Å². The van der Waals surface area contributed by atoms with Gasteiger partial charge in [0.1, 0.15) is 11.9 Å². The van der Waals surface area contributed by atoms with Gasteiger partial charge in [-0.3, -0.25) is 10.1 Å². The van der Waals surface area contributed by atoms with Crippen LogP contribution in [0.3, 0.4) is 0 Å². The summed E-state index contributed by atoms with van der Waals surface area (Å²) in [6, 6.07) is 0.400. The van der Waals surface area contributed by atoms with Crippen LogP contribution in [0.4, 0.5) is 0 Å². The summed E-state index contributed by atoms with van der Waals surface area (Å²) in [5, 5.41) is 13.0. The third-order valence-corrected chi connectivity index (χ3v) is 5.45. The first-order chi connectivity index (χ1) is 8.71. The van der Waals surface area contributed by atoms with E-state index < -0.39 is 11.5 Å². The third kappa shape index (κ3) is 2.53. The lowest BCUT2D eigenvalue weighted by atomic mass is 9.95. The van der Waals surface area contributed by atoms with E-state index in [1.807, 2.05) is 0 Å². The van der Waals surface area contributed by atoms with Gasteiger partial charge < -0.3 is 5.11 Å². The van der Waals surface area contributed by atoms with Gasteiger partial charge in [0.2, 0.25) is 0 Å². The van der Waals surface area contributed by atoms with E-state index in [0.717, 1.165) is 30.0 Å². The Balaban J connectivity index is 1.72. The van der Waals surface area contributed by atoms with Crippen molar-refractivity contribution in [3.63, 3.8) is 0 Å². The van der Waals surface area contributed by atoms with E-state index >= 15 is 0 Å². The highest BCUT2D eigenvalue weighted by Gasteiger charge is 2.53. The number of aromatic nitrogens is 2. The molecule has 0 aromatic carbocycles. The number of hydrogen-bond acceptors (Lipinski definition) is 6. The molecule has 2 aliphatic rings. The Morgan fingerprint density at radius 1 is 1.56 bits per heavy atom. The van der Waals surface area contributed by atoms with Gasteiger partial charge in [-0.1, -0.05) is 11.8 Å². The van der Waals surface area contributed by atoms with Crippen molar-refractivity contribution >= 4 is 29.3 Å². The Labute approximate surface area is 114 Å². The lowest BCUT2D eigenvalue weighted by Gasteiger charge is -2.30. The molecule has 0 radical (unpaired) electrons. The van der Waals surface area contributed by atoms with Gasteiger partial charge in [0.25, 0.3) is 0 Å². The van der Waals surface area contributed by atoms with Gasteiger partial charge in [0.15, 0.2) is 4.34 Å². The number of thioether (sulfide) groups is 1. The third-order valence-electron chi connectivity index (χ3n) is 3.46. The zero-order valence-electron chi connectivity index (χ0n) is 9.83. The molecular formula is C11H15N3O2S2. The second-order valence-corrected chi connectivity index (χ2v) is 6.97. The second kappa shape index (κ2) is 4.79. The summed E-state index contributed by atoms with van der Waals surface area (Å²) in [5.41, 5.74) is -0.766. The predicted octanol–water partition coefficient (Wildman–Crippen LogP) is 1.62. The summed E-state index contributed by atoms with van der Waals surface area (Å²) in [6.45, 7) is 0. The molecule has 5 nitrogen and oxygen atoms in total. The van der Waals surface area contributed by atoms with Crippen molar-refractivity contribution in [1.82, 2.24) is 14.7 Å². The van der Waals surface area contributed by atoms with Gasteiger partial charge in [-0.2, -0.15) is 4.37 Å². The quantitative estimate of drug-likeness (QED) is 0.741. The number of aliphatic carboxylic acids is 1. The lowest BCUT2D eigenvalue weighted by molar-refractivity contribution is -0.145. The molecule has 18 heavy (non-hydrogen) atoms. The molecule has 2 N–H and O–H groups in total. The lowest BCUT2D eigenvalue weighted by Crippen LogP contribution is -2.57. The summed E-state index contributed by atoms with van der Waals surface area (Å²) in [6.07, 6.45) is 5.75. The van der Waals surface area contributed by atoms with Crippen LogP contribution < -0.4 is 5.32 Å². The Bertz CT molecular complexity index is 432. The molecule has 0 amide bonds. The smallest absolute Gasteiger partial charge is 0.325 e. The van der Waals surface area contributed by atoms with Crippen molar-refractivity contribution in [2.75, 3.05) is 5.75 Å². The largest absolute Gasteiger partial charge is 0.480 e. The molecule has 0 aliphatic heterocycles. The molecule has 1 aromatic heterocycles. The minimum Gasteiger partial charge on any atom is -0.480 e. The van der Waals surface area contributed by atoms with Crippen LogP contribution in [-0.2, 0) is 4.79 Å². The number of rotatable bonds is 7. The maximum Gasteiger partial charge on any atom is 0.325 e. The number of carboxylic acid groups (broad SMARTS) is 1. The van der Waals surface area contributed by atoms with Gasteiger partial charge in [0.05, 0.1) is 0 Å². The van der Waals surface area contributed by atoms with Crippen LogP contribution in [0.2, 0.25) is 0 Å². The molecular weight excluding hydrogens is 270 g/mol. The van der Waals surface area contributed by atoms with Crippen LogP contribution in [0, 0.1) is 5.92 Å². The highest BCUT2D eigenvalue weighted by atomic mass is 32.2. The van der Waals surface area contributed by atoms with E-state index in [1.54, 1.807) is 0 Å². The molecule has 2 aliphatic carbocycles. The molecule has 1 unspecified atom stereocenters. The fourth-order valence-corrected chi connectivity index (χ4v) is 3.86. The molecule has 1 aromatic rings. The van der Waals surface area contributed by atoms with Crippen LogP contribution in [0.5, 0.6) is 0 Å². The van der Waals surface area contributed by atoms with Gasteiger partial charge in [-0.25, -0.2) is 4.98 Å².